The van der Waals surface area contributed by atoms with Crippen LogP contribution in [0.4, 0.5) is 0 Å². The van der Waals surface area contributed by atoms with E-state index in [4.69, 9.17) is 17.3 Å². The zero-order chi connectivity index (χ0) is 10.2. The lowest BCUT2D eigenvalue weighted by Crippen LogP contribution is -2.27. The first-order chi connectivity index (χ1) is 6.64. The highest BCUT2D eigenvalue weighted by molar-refractivity contribution is 6.30. The van der Waals surface area contributed by atoms with Crippen LogP contribution in [-0.2, 0) is 6.42 Å². The van der Waals surface area contributed by atoms with Gasteiger partial charge in [-0.05, 0) is 36.5 Å². The van der Waals surface area contributed by atoms with E-state index in [0.717, 1.165) is 17.9 Å². The Labute approximate surface area is 90.3 Å². The Balaban J connectivity index is 2.05. The van der Waals surface area contributed by atoms with Crippen LogP contribution in [0, 0.1) is 5.92 Å². The predicted molar refractivity (Wildman–Crippen MR) is 60.5 cm³/mol. The quantitative estimate of drug-likeness (QED) is 0.814. The molecule has 0 radical (unpaired) electrons. The summed E-state index contributed by atoms with van der Waals surface area (Å²) in [5.74, 6) is 0.710. The normalized spacial score (nSPS) is 30.4. The highest BCUT2D eigenvalue weighted by Gasteiger charge is 2.48. The summed E-state index contributed by atoms with van der Waals surface area (Å²) in [6.07, 6.45) is 3.32. The van der Waals surface area contributed by atoms with Crippen molar-refractivity contribution in [3.8, 4) is 0 Å². The van der Waals surface area contributed by atoms with Crippen molar-refractivity contribution in [2.45, 2.75) is 31.7 Å². The second-order valence-electron chi connectivity index (χ2n) is 4.35. The van der Waals surface area contributed by atoms with Gasteiger partial charge in [0, 0.05) is 10.6 Å². The van der Waals surface area contributed by atoms with E-state index in [9.17, 15) is 0 Å². The third kappa shape index (κ3) is 1.94. The second kappa shape index (κ2) is 3.56. The first-order valence-corrected chi connectivity index (χ1v) is 5.55. The molecule has 0 aliphatic heterocycles. The van der Waals surface area contributed by atoms with Crippen LogP contribution in [0.5, 0.6) is 0 Å². The van der Waals surface area contributed by atoms with Crippen molar-refractivity contribution in [3.63, 3.8) is 0 Å². The van der Waals surface area contributed by atoms with Gasteiger partial charge in [0.25, 0.3) is 0 Å². The van der Waals surface area contributed by atoms with Crippen LogP contribution >= 0.6 is 11.6 Å². The molecule has 2 heteroatoms. The van der Waals surface area contributed by atoms with Crippen molar-refractivity contribution in [1.82, 2.24) is 0 Å². The van der Waals surface area contributed by atoms with Gasteiger partial charge in [0.15, 0.2) is 0 Å². The van der Waals surface area contributed by atoms with Gasteiger partial charge in [-0.1, -0.05) is 37.1 Å². The van der Waals surface area contributed by atoms with Gasteiger partial charge in [0.05, 0.1) is 0 Å². The molecule has 2 atom stereocenters. The van der Waals surface area contributed by atoms with E-state index in [2.05, 4.69) is 13.0 Å². The van der Waals surface area contributed by atoms with Crippen molar-refractivity contribution in [3.05, 3.63) is 34.9 Å². The molecule has 0 amide bonds. The topological polar surface area (TPSA) is 26.0 Å². The minimum atomic E-state index is 0.0550. The number of hydrogen-bond donors (Lipinski definition) is 1. The minimum Gasteiger partial charge on any atom is -0.325 e. The van der Waals surface area contributed by atoms with Crippen molar-refractivity contribution in [2.24, 2.45) is 11.7 Å². The largest absolute Gasteiger partial charge is 0.325 e. The summed E-state index contributed by atoms with van der Waals surface area (Å²) in [7, 11) is 0. The summed E-state index contributed by atoms with van der Waals surface area (Å²) in [4.78, 5) is 0. The number of hydrogen-bond acceptors (Lipinski definition) is 1. The van der Waals surface area contributed by atoms with Crippen LogP contribution < -0.4 is 5.73 Å². The fourth-order valence-corrected chi connectivity index (χ4v) is 2.41. The van der Waals surface area contributed by atoms with Gasteiger partial charge in [-0.15, -0.1) is 0 Å². The van der Waals surface area contributed by atoms with Crippen LogP contribution in [0.2, 0.25) is 5.02 Å². The number of halogens is 1. The summed E-state index contributed by atoms with van der Waals surface area (Å²) >= 11 is 5.92. The molecule has 0 spiro atoms. The molecule has 1 saturated carbocycles. The van der Waals surface area contributed by atoms with Gasteiger partial charge < -0.3 is 5.73 Å². The molecule has 14 heavy (non-hydrogen) atoms. The Morgan fingerprint density at radius 3 is 2.93 bits per heavy atom. The average Bonchev–Trinajstić information content (AvgIpc) is 2.76. The lowest BCUT2D eigenvalue weighted by molar-refractivity contribution is 0.579. The standard InChI is InChI=1S/C12H16ClN/c1-2-10-8-12(10,14)7-9-4-3-5-11(13)6-9/h3-6,10H,2,7-8,14H2,1H3. The van der Waals surface area contributed by atoms with Crippen molar-refractivity contribution in [2.75, 3.05) is 0 Å². The zero-order valence-corrected chi connectivity index (χ0v) is 9.22. The van der Waals surface area contributed by atoms with Gasteiger partial charge in [-0.3, -0.25) is 0 Å². The Morgan fingerprint density at radius 1 is 1.57 bits per heavy atom. The SMILES string of the molecule is CCC1CC1(N)Cc1cccc(Cl)c1. The van der Waals surface area contributed by atoms with E-state index in [0.29, 0.717) is 5.92 Å². The molecule has 1 aliphatic carbocycles. The molecule has 1 aromatic rings. The fraction of sp³-hybridized carbons (Fsp3) is 0.500. The summed E-state index contributed by atoms with van der Waals surface area (Å²) in [5.41, 5.74) is 7.56. The molecule has 0 saturated heterocycles. The molecule has 0 bridgehead atoms. The van der Waals surface area contributed by atoms with Crippen LogP contribution in [0.25, 0.3) is 0 Å². The van der Waals surface area contributed by atoms with Gasteiger partial charge in [0.1, 0.15) is 0 Å². The van der Waals surface area contributed by atoms with E-state index in [-0.39, 0.29) is 5.54 Å². The molecule has 0 heterocycles. The Bertz CT molecular complexity index is 337. The Morgan fingerprint density at radius 2 is 2.36 bits per heavy atom. The van der Waals surface area contributed by atoms with E-state index in [1.165, 1.54) is 12.0 Å². The first-order valence-electron chi connectivity index (χ1n) is 5.17. The molecular formula is C12H16ClN. The lowest BCUT2D eigenvalue weighted by Gasteiger charge is -2.10. The van der Waals surface area contributed by atoms with Gasteiger partial charge in [-0.25, -0.2) is 0 Å². The monoisotopic (exact) mass is 209 g/mol. The van der Waals surface area contributed by atoms with Crippen LogP contribution in [-0.4, -0.2) is 5.54 Å². The van der Waals surface area contributed by atoms with E-state index < -0.39 is 0 Å². The van der Waals surface area contributed by atoms with Crippen LogP contribution in [0.3, 0.4) is 0 Å². The summed E-state index contributed by atoms with van der Waals surface area (Å²) < 4.78 is 0. The van der Waals surface area contributed by atoms with Crippen molar-refractivity contribution < 1.29 is 0 Å². The second-order valence-corrected chi connectivity index (χ2v) is 4.79. The summed E-state index contributed by atoms with van der Waals surface area (Å²) in [6.45, 7) is 2.21. The molecule has 76 valence electrons. The molecule has 1 nitrogen and oxygen atoms in total. The molecule has 2 N–H and O–H groups in total. The van der Waals surface area contributed by atoms with Gasteiger partial charge >= 0.3 is 0 Å². The maximum atomic E-state index is 6.24. The highest BCUT2D eigenvalue weighted by Crippen LogP contribution is 2.45. The molecule has 1 aliphatic rings. The summed E-state index contributed by atoms with van der Waals surface area (Å²) in [5, 5.41) is 0.805. The van der Waals surface area contributed by atoms with Crippen molar-refractivity contribution in [1.29, 1.82) is 0 Å². The predicted octanol–water partition coefficient (Wildman–Crippen LogP) is 3.01. The molecule has 2 unspecified atom stereocenters. The Hall–Kier alpha value is -0.530. The molecule has 1 fully saturated rings. The van der Waals surface area contributed by atoms with Crippen LogP contribution in [0.1, 0.15) is 25.3 Å². The van der Waals surface area contributed by atoms with Crippen molar-refractivity contribution >= 4 is 11.6 Å². The zero-order valence-electron chi connectivity index (χ0n) is 8.46. The van der Waals surface area contributed by atoms with E-state index in [1.54, 1.807) is 0 Å². The fourth-order valence-electron chi connectivity index (χ4n) is 2.19. The molecule has 0 aromatic heterocycles. The van der Waals surface area contributed by atoms with Crippen LogP contribution in [0.15, 0.2) is 24.3 Å². The molecule has 1 aromatic carbocycles. The lowest BCUT2D eigenvalue weighted by atomic mass is 10.0. The maximum Gasteiger partial charge on any atom is 0.0408 e. The first kappa shape index (κ1) is 10.0. The molecular weight excluding hydrogens is 194 g/mol. The third-order valence-corrected chi connectivity index (χ3v) is 3.43. The highest BCUT2D eigenvalue weighted by atomic mass is 35.5. The number of rotatable bonds is 3. The third-order valence-electron chi connectivity index (χ3n) is 3.19. The smallest absolute Gasteiger partial charge is 0.0408 e. The minimum absolute atomic E-state index is 0.0550. The summed E-state index contributed by atoms with van der Waals surface area (Å²) in [6, 6.07) is 8.01. The van der Waals surface area contributed by atoms with E-state index in [1.807, 2.05) is 18.2 Å². The Kier molecular flexibility index (Phi) is 2.54. The van der Waals surface area contributed by atoms with Gasteiger partial charge in [-0.2, -0.15) is 0 Å². The maximum absolute atomic E-state index is 6.24. The average molecular weight is 210 g/mol. The molecule has 2 rings (SSSR count). The number of nitrogens with two attached hydrogens (primary N) is 1. The number of benzene rings is 1. The van der Waals surface area contributed by atoms with E-state index >= 15 is 0 Å². The van der Waals surface area contributed by atoms with Gasteiger partial charge in [0.2, 0.25) is 0 Å².